The Morgan fingerprint density at radius 3 is 2.86 bits per heavy atom. The van der Waals surface area contributed by atoms with Crippen molar-refractivity contribution in [2.75, 3.05) is 6.61 Å². The molecule has 1 saturated carbocycles. The Bertz CT molecular complexity index is 599. The lowest BCUT2D eigenvalue weighted by Crippen LogP contribution is -2.69. The Balaban J connectivity index is 1.72. The average Bonchev–Trinajstić information content (AvgIpc) is 2.54. The summed E-state index contributed by atoms with van der Waals surface area (Å²) >= 11 is 0. The summed E-state index contributed by atoms with van der Waals surface area (Å²) in [4.78, 5) is 12.3. The molecule has 0 amide bonds. The number of fused-ring (bicyclic) bond motifs is 2. The Hall–Kier alpha value is -1.35. The van der Waals surface area contributed by atoms with Crippen LogP contribution in [0.4, 0.5) is 0 Å². The summed E-state index contributed by atoms with van der Waals surface area (Å²) in [7, 11) is 0. The molecule has 4 bridgehead atoms. The summed E-state index contributed by atoms with van der Waals surface area (Å²) in [6.45, 7) is 4.70. The third kappa shape index (κ3) is 1.81. The minimum Gasteiger partial charge on any atom is -0.466 e. The lowest BCUT2D eigenvalue weighted by molar-refractivity contribution is -0.155. The van der Waals surface area contributed by atoms with E-state index in [1.165, 1.54) is 12.0 Å². The SMILES string of the molecule is CCOC(=O)C1CC2C3Cc4ccccc4[C@@]2(CC)CC1N3. The fourth-order valence-electron chi connectivity index (χ4n) is 5.50. The molecule has 3 fully saturated rings. The molecule has 2 aliphatic heterocycles. The van der Waals surface area contributed by atoms with E-state index < -0.39 is 0 Å². The Kier molecular flexibility index (Phi) is 3.30. The number of esters is 1. The van der Waals surface area contributed by atoms with Crippen LogP contribution in [0.3, 0.4) is 0 Å². The highest BCUT2D eigenvalue weighted by Crippen LogP contribution is 2.56. The van der Waals surface area contributed by atoms with Gasteiger partial charge in [0.2, 0.25) is 0 Å². The second-order valence-corrected chi connectivity index (χ2v) is 7.16. The van der Waals surface area contributed by atoms with Crippen molar-refractivity contribution in [2.24, 2.45) is 11.8 Å². The van der Waals surface area contributed by atoms with E-state index in [1.807, 2.05) is 6.92 Å². The second-order valence-electron chi connectivity index (χ2n) is 7.16. The van der Waals surface area contributed by atoms with Gasteiger partial charge in [-0.2, -0.15) is 0 Å². The summed E-state index contributed by atoms with van der Waals surface area (Å²) in [5.74, 6) is 0.611. The fourth-order valence-corrected chi connectivity index (χ4v) is 5.50. The molecule has 1 aromatic rings. The third-order valence-corrected chi connectivity index (χ3v) is 6.42. The van der Waals surface area contributed by atoms with E-state index in [1.54, 1.807) is 5.56 Å². The number of carbonyl (C=O) groups is 1. The zero-order valence-electron chi connectivity index (χ0n) is 13.5. The van der Waals surface area contributed by atoms with Gasteiger partial charge in [-0.1, -0.05) is 31.2 Å². The Morgan fingerprint density at radius 2 is 2.14 bits per heavy atom. The molecular weight excluding hydrogens is 274 g/mol. The zero-order chi connectivity index (χ0) is 15.3. The topological polar surface area (TPSA) is 38.3 Å². The second kappa shape index (κ2) is 5.09. The molecule has 118 valence electrons. The molecule has 4 aliphatic rings. The minimum atomic E-state index is 0.00186. The number of piperidine rings is 2. The fraction of sp³-hybridized carbons (Fsp3) is 0.632. The van der Waals surface area contributed by atoms with Gasteiger partial charge in [0, 0.05) is 17.5 Å². The van der Waals surface area contributed by atoms with Crippen LogP contribution < -0.4 is 5.32 Å². The predicted octanol–water partition coefficient (Wildman–Crippen LogP) is 2.82. The molecule has 22 heavy (non-hydrogen) atoms. The van der Waals surface area contributed by atoms with Crippen molar-refractivity contribution in [2.45, 2.75) is 57.0 Å². The molecule has 0 radical (unpaired) electrons. The van der Waals surface area contributed by atoms with Crippen molar-refractivity contribution in [1.29, 1.82) is 0 Å². The number of hydrogen-bond donors (Lipinski definition) is 1. The quantitative estimate of drug-likeness (QED) is 0.872. The van der Waals surface area contributed by atoms with Crippen molar-refractivity contribution in [3.05, 3.63) is 35.4 Å². The molecule has 1 N–H and O–H groups in total. The van der Waals surface area contributed by atoms with Gasteiger partial charge in [-0.05, 0) is 49.7 Å². The van der Waals surface area contributed by atoms with Crippen LogP contribution in [-0.2, 0) is 21.4 Å². The minimum absolute atomic E-state index is 0.00186. The van der Waals surface area contributed by atoms with Crippen molar-refractivity contribution in [3.8, 4) is 0 Å². The number of nitrogens with one attached hydrogen (secondary N) is 1. The highest BCUT2D eigenvalue weighted by atomic mass is 16.5. The first-order valence-corrected chi connectivity index (χ1v) is 8.70. The largest absolute Gasteiger partial charge is 0.466 e. The number of carbonyl (C=O) groups excluding carboxylic acids is 1. The van der Waals surface area contributed by atoms with E-state index in [0.717, 1.165) is 19.3 Å². The normalized spacial score (nSPS) is 38.5. The maximum absolute atomic E-state index is 12.3. The zero-order valence-corrected chi connectivity index (χ0v) is 13.5. The van der Waals surface area contributed by atoms with Crippen LogP contribution in [-0.4, -0.2) is 24.7 Å². The van der Waals surface area contributed by atoms with E-state index in [0.29, 0.717) is 18.6 Å². The molecule has 0 spiro atoms. The van der Waals surface area contributed by atoms with Gasteiger partial charge >= 0.3 is 5.97 Å². The van der Waals surface area contributed by atoms with Gasteiger partial charge in [0.05, 0.1) is 12.5 Å². The first-order chi connectivity index (χ1) is 10.7. The van der Waals surface area contributed by atoms with Crippen LogP contribution in [0.2, 0.25) is 0 Å². The maximum Gasteiger partial charge on any atom is 0.310 e. The van der Waals surface area contributed by atoms with Gasteiger partial charge in [-0.15, -0.1) is 0 Å². The van der Waals surface area contributed by atoms with Gasteiger partial charge in [0.1, 0.15) is 0 Å². The van der Waals surface area contributed by atoms with Gasteiger partial charge in [-0.3, -0.25) is 4.79 Å². The van der Waals surface area contributed by atoms with Crippen LogP contribution in [0.25, 0.3) is 0 Å². The molecule has 2 heterocycles. The van der Waals surface area contributed by atoms with Crippen LogP contribution in [0.15, 0.2) is 24.3 Å². The van der Waals surface area contributed by atoms with E-state index in [4.69, 9.17) is 4.74 Å². The van der Waals surface area contributed by atoms with Gasteiger partial charge in [0.15, 0.2) is 0 Å². The van der Waals surface area contributed by atoms with Crippen LogP contribution in [0.1, 0.15) is 44.2 Å². The lowest BCUT2D eigenvalue weighted by atomic mass is 9.49. The van der Waals surface area contributed by atoms with E-state index in [-0.39, 0.29) is 23.3 Å². The number of benzene rings is 1. The summed E-state index contributed by atoms with van der Waals surface area (Å²) in [6.07, 6.45) is 4.34. The molecule has 2 aliphatic carbocycles. The van der Waals surface area contributed by atoms with Crippen molar-refractivity contribution in [3.63, 3.8) is 0 Å². The number of rotatable bonds is 3. The van der Waals surface area contributed by atoms with Gasteiger partial charge < -0.3 is 10.1 Å². The molecule has 5 rings (SSSR count). The molecule has 2 saturated heterocycles. The van der Waals surface area contributed by atoms with Crippen LogP contribution in [0.5, 0.6) is 0 Å². The standard InChI is InChI=1S/C19H25NO2/c1-3-19-11-17-13(18(21)22-4-2)10-15(19)16(20-17)9-12-7-5-6-8-14(12)19/h5-8,13,15-17,20H,3-4,9-11H2,1-2H3/t13?,15?,16?,17?,19-/m1/s1. The summed E-state index contributed by atoms with van der Waals surface area (Å²) in [5, 5.41) is 3.77. The first kappa shape index (κ1) is 14.3. The van der Waals surface area contributed by atoms with Crippen molar-refractivity contribution >= 4 is 5.97 Å². The number of hydrogen-bond acceptors (Lipinski definition) is 3. The van der Waals surface area contributed by atoms with Gasteiger partial charge in [-0.25, -0.2) is 0 Å². The number of ether oxygens (including phenoxy) is 1. The van der Waals surface area contributed by atoms with Crippen molar-refractivity contribution in [1.82, 2.24) is 5.32 Å². The van der Waals surface area contributed by atoms with Crippen LogP contribution >= 0.6 is 0 Å². The summed E-state index contributed by atoms with van der Waals surface area (Å²) in [5.41, 5.74) is 3.32. The molecule has 4 unspecified atom stereocenters. The molecule has 5 atom stereocenters. The van der Waals surface area contributed by atoms with Crippen LogP contribution in [0, 0.1) is 11.8 Å². The van der Waals surface area contributed by atoms with E-state index in [9.17, 15) is 4.79 Å². The van der Waals surface area contributed by atoms with Crippen molar-refractivity contribution < 1.29 is 9.53 Å². The monoisotopic (exact) mass is 299 g/mol. The molecule has 0 aromatic heterocycles. The Morgan fingerprint density at radius 1 is 1.32 bits per heavy atom. The summed E-state index contributed by atoms with van der Waals surface area (Å²) < 4.78 is 5.31. The maximum atomic E-state index is 12.3. The smallest absolute Gasteiger partial charge is 0.310 e. The average molecular weight is 299 g/mol. The van der Waals surface area contributed by atoms with Gasteiger partial charge in [0.25, 0.3) is 0 Å². The highest BCUT2D eigenvalue weighted by molar-refractivity contribution is 5.74. The summed E-state index contributed by atoms with van der Waals surface area (Å²) in [6, 6.07) is 9.75. The van der Waals surface area contributed by atoms with E-state index >= 15 is 0 Å². The lowest BCUT2D eigenvalue weighted by Gasteiger charge is -2.61. The molecule has 3 nitrogen and oxygen atoms in total. The van der Waals surface area contributed by atoms with E-state index in [2.05, 4.69) is 36.5 Å². The Labute approximate surface area is 132 Å². The molecule has 3 heteroatoms. The highest BCUT2D eigenvalue weighted by Gasteiger charge is 2.59. The molecular formula is C19H25NO2. The molecule has 1 aromatic carbocycles. The first-order valence-electron chi connectivity index (χ1n) is 8.70. The predicted molar refractivity (Wildman–Crippen MR) is 85.7 cm³/mol. The third-order valence-electron chi connectivity index (χ3n) is 6.42.